The number of pyridine rings is 1. The van der Waals surface area contributed by atoms with Crippen LogP contribution in [0.4, 0.5) is 5.69 Å². The third-order valence-electron chi connectivity index (χ3n) is 4.32. The highest BCUT2D eigenvalue weighted by Gasteiger charge is 2.43. The van der Waals surface area contributed by atoms with Crippen molar-refractivity contribution in [1.82, 2.24) is 4.98 Å². The van der Waals surface area contributed by atoms with Gasteiger partial charge in [0.25, 0.3) is 15.9 Å². The average Bonchev–Trinajstić information content (AvgIpc) is 2.76. The lowest BCUT2D eigenvalue weighted by molar-refractivity contribution is 0.101. The smallest absolute Gasteiger partial charge is 0.268 e. The first-order valence-corrected chi connectivity index (χ1v) is 8.91. The minimum absolute atomic E-state index is 0. The molecule has 0 saturated heterocycles. The van der Waals surface area contributed by atoms with Crippen molar-refractivity contribution in [2.75, 3.05) is 4.31 Å². The Morgan fingerprint density at radius 1 is 0.960 bits per heavy atom. The summed E-state index contributed by atoms with van der Waals surface area (Å²) in [5, 5.41) is 0.831. The van der Waals surface area contributed by atoms with E-state index in [9.17, 15) is 13.2 Å². The zero-order valence-corrected chi connectivity index (χ0v) is 15.2. The lowest BCUT2D eigenvalue weighted by Gasteiger charge is -2.20. The summed E-state index contributed by atoms with van der Waals surface area (Å²) < 4.78 is 26.7. The van der Waals surface area contributed by atoms with E-state index < -0.39 is 15.9 Å². The van der Waals surface area contributed by atoms with E-state index in [1.807, 2.05) is 31.2 Å². The van der Waals surface area contributed by atoms with Crippen LogP contribution in [-0.2, 0) is 10.0 Å². The number of benzene rings is 2. The van der Waals surface area contributed by atoms with Crippen molar-refractivity contribution < 1.29 is 13.2 Å². The van der Waals surface area contributed by atoms with E-state index in [1.54, 1.807) is 19.1 Å². The molecule has 0 atom stereocenters. The largest absolute Gasteiger partial charge is 0.273 e. The van der Waals surface area contributed by atoms with Gasteiger partial charge in [-0.05, 0) is 37.6 Å². The highest BCUT2D eigenvalue weighted by Crippen LogP contribution is 2.39. The van der Waals surface area contributed by atoms with Gasteiger partial charge >= 0.3 is 0 Å². The quantitative estimate of drug-likeness (QED) is 0.652. The molecule has 4 rings (SSSR count). The van der Waals surface area contributed by atoms with Gasteiger partial charge in [0, 0.05) is 5.39 Å². The number of carbonyl (C=O) groups is 1. The molecule has 0 aliphatic carbocycles. The molecule has 7 heteroatoms. The van der Waals surface area contributed by atoms with Crippen LogP contribution < -0.4 is 4.31 Å². The van der Waals surface area contributed by atoms with E-state index in [0.717, 1.165) is 20.8 Å². The normalized spacial score (nSPS) is 15.1. The van der Waals surface area contributed by atoms with Crippen LogP contribution in [0.1, 0.15) is 21.6 Å². The third-order valence-corrected chi connectivity index (χ3v) is 6.06. The first-order valence-electron chi connectivity index (χ1n) is 7.47. The van der Waals surface area contributed by atoms with Crippen molar-refractivity contribution in [3.05, 3.63) is 65.4 Å². The first-order chi connectivity index (χ1) is 11.4. The number of hydrogen-bond donors (Lipinski definition) is 0. The van der Waals surface area contributed by atoms with Crippen LogP contribution in [0.3, 0.4) is 0 Å². The van der Waals surface area contributed by atoms with Gasteiger partial charge in [-0.2, -0.15) is 4.31 Å². The van der Waals surface area contributed by atoms with E-state index in [4.69, 9.17) is 0 Å². The highest BCUT2D eigenvalue weighted by atomic mass is 35.5. The number of nitrogens with zero attached hydrogens (tertiary/aromatic N) is 2. The summed E-state index contributed by atoms with van der Waals surface area (Å²) in [6.07, 6.45) is 0. The molecule has 3 aromatic rings. The lowest BCUT2D eigenvalue weighted by atomic mass is 10.1. The maximum atomic E-state index is 12.9. The Labute approximate surface area is 151 Å². The van der Waals surface area contributed by atoms with Gasteiger partial charge in [0.15, 0.2) is 0 Å². The van der Waals surface area contributed by atoms with Gasteiger partial charge in [0.05, 0.1) is 22.5 Å². The minimum atomic E-state index is -3.92. The number of para-hydroxylation sites is 1. The molecule has 1 aliphatic heterocycles. The molecule has 2 heterocycles. The Morgan fingerprint density at radius 3 is 2.32 bits per heavy atom. The summed E-state index contributed by atoms with van der Waals surface area (Å²) in [5.74, 6) is -0.533. The Morgan fingerprint density at radius 2 is 1.60 bits per heavy atom. The molecular weight excluding hydrogens is 360 g/mol. The molecule has 0 unspecified atom stereocenters. The number of sulfonamides is 1. The topological polar surface area (TPSA) is 67.3 Å². The van der Waals surface area contributed by atoms with Crippen LogP contribution in [0.5, 0.6) is 0 Å². The Kier molecular flexibility index (Phi) is 4.05. The zero-order chi connectivity index (χ0) is 17.1. The van der Waals surface area contributed by atoms with Gasteiger partial charge in [-0.15, -0.1) is 12.4 Å². The van der Waals surface area contributed by atoms with Crippen molar-refractivity contribution in [1.29, 1.82) is 0 Å². The van der Waals surface area contributed by atoms with Gasteiger partial charge in [0.1, 0.15) is 4.90 Å². The lowest BCUT2D eigenvalue weighted by Crippen LogP contribution is -2.31. The van der Waals surface area contributed by atoms with E-state index >= 15 is 0 Å². The molecule has 0 saturated carbocycles. The average molecular weight is 375 g/mol. The van der Waals surface area contributed by atoms with Gasteiger partial charge < -0.3 is 0 Å². The van der Waals surface area contributed by atoms with E-state index in [-0.39, 0.29) is 22.9 Å². The predicted molar refractivity (Wildman–Crippen MR) is 98.9 cm³/mol. The second kappa shape index (κ2) is 5.82. The Bertz CT molecular complexity index is 1130. The molecular formula is C18H15ClN2O3S. The number of halogens is 1. The zero-order valence-electron chi connectivity index (χ0n) is 13.6. The number of carbonyl (C=O) groups excluding carboxylic acids is 1. The summed E-state index contributed by atoms with van der Waals surface area (Å²) in [6, 6.07) is 13.8. The second-order valence-corrected chi connectivity index (χ2v) is 7.51. The third kappa shape index (κ3) is 2.33. The van der Waals surface area contributed by atoms with Crippen LogP contribution in [0.2, 0.25) is 0 Å². The fourth-order valence-corrected chi connectivity index (χ4v) is 4.93. The predicted octanol–water partition coefficient (Wildman–Crippen LogP) is 3.62. The number of amides is 1. The van der Waals surface area contributed by atoms with Gasteiger partial charge in [-0.25, -0.2) is 8.42 Å². The molecule has 0 bridgehead atoms. The molecule has 25 heavy (non-hydrogen) atoms. The van der Waals surface area contributed by atoms with Crippen molar-refractivity contribution in [3.63, 3.8) is 0 Å². The Balaban J connectivity index is 0.00000182. The van der Waals surface area contributed by atoms with Crippen LogP contribution in [0.25, 0.3) is 10.9 Å². The van der Waals surface area contributed by atoms with Gasteiger partial charge in [0.2, 0.25) is 0 Å². The van der Waals surface area contributed by atoms with Crippen LogP contribution >= 0.6 is 12.4 Å². The monoisotopic (exact) mass is 374 g/mol. The maximum Gasteiger partial charge on any atom is 0.273 e. The van der Waals surface area contributed by atoms with Crippen molar-refractivity contribution in [2.45, 2.75) is 18.7 Å². The van der Waals surface area contributed by atoms with Gasteiger partial charge in [-0.3, -0.25) is 9.78 Å². The van der Waals surface area contributed by atoms with Crippen molar-refractivity contribution in [3.8, 4) is 0 Å². The Hall–Kier alpha value is -2.44. The number of aryl methyl sites for hydroxylation is 2. The fraction of sp³-hybridized carbons (Fsp3) is 0.111. The number of aromatic nitrogens is 1. The number of anilines is 1. The summed E-state index contributed by atoms with van der Waals surface area (Å²) in [5.41, 5.74) is 2.55. The van der Waals surface area contributed by atoms with Crippen LogP contribution in [0, 0.1) is 13.8 Å². The molecule has 5 nitrogen and oxygen atoms in total. The van der Waals surface area contributed by atoms with Gasteiger partial charge in [-0.1, -0.05) is 30.3 Å². The van der Waals surface area contributed by atoms with Crippen molar-refractivity contribution >= 4 is 44.9 Å². The highest BCUT2D eigenvalue weighted by molar-refractivity contribution is 7.94. The van der Waals surface area contributed by atoms with Crippen LogP contribution in [0.15, 0.2) is 53.4 Å². The molecule has 0 N–H and O–H groups in total. The molecule has 1 aromatic heterocycles. The van der Waals surface area contributed by atoms with E-state index in [0.29, 0.717) is 11.4 Å². The first kappa shape index (κ1) is 17.4. The minimum Gasteiger partial charge on any atom is -0.268 e. The summed E-state index contributed by atoms with van der Waals surface area (Å²) in [6.45, 7) is 3.54. The molecule has 1 aliphatic rings. The fourth-order valence-electron chi connectivity index (χ4n) is 3.23. The van der Waals surface area contributed by atoms with Crippen LogP contribution in [-0.4, -0.2) is 19.3 Å². The van der Waals surface area contributed by atoms with Crippen molar-refractivity contribution in [2.24, 2.45) is 0 Å². The molecule has 0 fully saturated rings. The number of rotatable bonds is 1. The standard InChI is InChI=1S/C18H14N2O3S.ClH/c1-11-13-7-3-5-9-15(13)19-12(2)17(11)20-18(21)14-8-4-6-10-16(14)24(20,22)23;/h3-10H,1-2H3;1H. The SMILES string of the molecule is Cc1nc2ccccc2c(C)c1N1C(=O)c2ccccc2S1(=O)=O.Cl. The molecule has 128 valence electrons. The molecule has 0 radical (unpaired) electrons. The molecule has 1 amide bonds. The maximum absolute atomic E-state index is 12.9. The molecule has 2 aromatic carbocycles. The summed E-state index contributed by atoms with van der Waals surface area (Å²) in [4.78, 5) is 17.3. The number of hydrogen-bond acceptors (Lipinski definition) is 4. The molecule has 0 spiro atoms. The summed E-state index contributed by atoms with van der Waals surface area (Å²) >= 11 is 0. The number of fused-ring (bicyclic) bond motifs is 2. The van der Waals surface area contributed by atoms with E-state index in [2.05, 4.69) is 4.98 Å². The van der Waals surface area contributed by atoms with E-state index in [1.165, 1.54) is 12.1 Å². The second-order valence-electron chi connectivity index (χ2n) is 5.76. The summed E-state index contributed by atoms with van der Waals surface area (Å²) in [7, 11) is -3.92.